The van der Waals surface area contributed by atoms with Crippen LogP contribution >= 0.6 is 0 Å². The standard InChI is InChI=1S/C25H54O3Si2/c1-14-30(15-2,16-3)28-23(24(6,7)8)18-20(4)17-22(21(5)19-26)27-29(12,13)25(9,10)11/h19-23H,14-18H2,1-13H3/t20-,21+,22-,23-/m0/s1. The maximum Gasteiger partial charge on any atom is 0.192 e. The second-order valence-corrected chi connectivity index (χ2v) is 21.7. The van der Waals surface area contributed by atoms with Gasteiger partial charge in [0.05, 0.1) is 12.2 Å². The monoisotopic (exact) mass is 458 g/mol. The maximum absolute atomic E-state index is 11.7. The fraction of sp³-hybridized carbons (Fsp3) is 0.960. The van der Waals surface area contributed by atoms with Gasteiger partial charge in [-0.3, -0.25) is 0 Å². The van der Waals surface area contributed by atoms with E-state index >= 15 is 0 Å². The maximum atomic E-state index is 11.7. The number of carbonyl (C=O) groups excluding carboxylic acids is 1. The van der Waals surface area contributed by atoms with Gasteiger partial charge >= 0.3 is 0 Å². The summed E-state index contributed by atoms with van der Waals surface area (Å²) in [6.45, 7) is 29.5. The van der Waals surface area contributed by atoms with Crippen LogP contribution < -0.4 is 0 Å². The summed E-state index contributed by atoms with van der Waals surface area (Å²) in [5, 5.41) is 0.142. The van der Waals surface area contributed by atoms with Crippen molar-refractivity contribution < 1.29 is 13.6 Å². The highest BCUT2D eigenvalue weighted by molar-refractivity contribution is 6.74. The Morgan fingerprint density at radius 1 is 0.833 bits per heavy atom. The molecule has 0 unspecified atom stereocenters. The summed E-state index contributed by atoms with van der Waals surface area (Å²) < 4.78 is 13.7. The third-order valence-corrected chi connectivity index (χ3v) is 16.8. The first kappa shape index (κ1) is 30.0. The molecule has 0 aromatic heterocycles. The van der Waals surface area contributed by atoms with Crippen LogP contribution in [0, 0.1) is 17.3 Å². The molecule has 0 aromatic rings. The molecule has 3 nitrogen and oxygen atoms in total. The highest BCUT2D eigenvalue weighted by atomic mass is 28.4. The minimum atomic E-state index is -1.93. The molecule has 4 atom stereocenters. The van der Waals surface area contributed by atoms with Crippen LogP contribution in [0.1, 0.15) is 89.0 Å². The Bertz CT molecular complexity index is 493. The molecule has 30 heavy (non-hydrogen) atoms. The molecule has 0 spiro atoms. The minimum Gasteiger partial charge on any atom is -0.413 e. The van der Waals surface area contributed by atoms with E-state index in [-0.39, 0.29) is 28.6 Å². The summed E-state index contributed by atoms with van der Waals surface area (Å²) in [5.74, 6) is 0.370. The van der Waals surface area contributed by atoms with E-state index in [2.05, 4.69) is 82.3 Å². The molecule has 0 saturated carbocycles. The lowest BCUT2D eigenvalue weighted by atomic mass is 9.82. The van der Waals surface area contributed by atoms with Gasteiger partial charge in [-0.15, -0.1) is 0 Å². The summed E-state index contributed by atoms with van der Waals surface area (Å²) in [7, 11) is -3.60. The van der Waals surface area contributed by atoms with Gasteiger partial charge in [0, 0.05) is 5.92 Å². The first-order chi connectivity index (χ1) is 13.5. The molecular formula is C25H54O3Si2. The molecule has 0 rings (SSSR count). The zero-order chi connectivity index (χ0) is 24.0. The van der Waals surface area contributed by atoms with Crippen molar-refractivity contribution in [2.75, 3.05) is 0 Å². The zero-order valence-corrected chi connectivity index (χ0v) is 24.6. The Morgan fingerprint density at radius 3 is 1.63 bits per heavy atom. The van der Waals surface area contributed by atoms with Gasteiger partial charge in [-0.25, -0.2) is 0 Å². The van der Waals surface area contributed by atoms with Crippen molar-refractivity contribution in [2.45, 2.75) is 137 Å². The molecule has 0 fully saturated rings. The van der Waals surface area contributed by atoms with Gasteiger partial charge in [-0.2, -0.15) is 0 Å². The van der Waals surface area contributed by atoms with Crippen molar-refractivity contribution in [2.24, 2.45) is 17.3 Å². The third kappa shape index (κ3) is 8.87. The van der Waals surface area contributed by atoms with Crippen molar-refractivity contribution in [3.8, 4) is 0 Å². The van der Waals surface area contributed by atoms with Crippen molar-refractivity contribution in [3.63, 3.8) is 0 Å². The predicted octanol–water partition coefficient (Wildman–Crippen LogP) is 8.06. The molecule has 0 N–H and O–H groups in total. The smallest absolute Gasteiger partial charge is 0.192 e. The summed E-state index contributed by atoms with van der Waals surface area (Å²) in [6.07, 6.45) is 3.26. The summed E-state index contributed by atoms with van der Waals surface area (Å²) in [4.78, 5) is 11.7. The van der Waals surface area contributed by atoms with E-state index in [1.54, 1.807) is 0 Å². The van der Waals surface area contributed by atoms with Gasteiger partial charge in [0.1, 0.15) is 6.29 Å². The Labute approximate surface area is 191 Å². The van der Waals surface area contributed by atoms with Crippen molar-refractivity contribution in [3.05, 3.63) is 0 Å². The number of rotatable bonds is 13. The molecule has 0 heterocycles. The molecule has 0 amide bonds. The van der Waals surface area contributed by atoms with Crippen LogP contribution in [0.2, 0.25) is 36.3 Å². The minimum absolute atomic E-state index is 0.00969. The van der Waals surface area contributed by atoms with Crippen LogP contribution in [-0.4, -0.2) is 35.1 Å². The third-order valence-electron chi connectivity index (χ3n) is 7.60. The van der Waals surface area contributed by atoms with Gasteiger partial charge in [0.15, 0.2) is 16.6 Å². The van der Waals surface area contributed by atoms with E-state index in [0.717, 1.165) is 19.1 Å². The quantitative estimate of drug-likeness (QED) is 0.207. The van der Waals surface area contributed by atoms with Gasteiger partial charge in [0.2, 0.25) is 0 Å². The fourth-order valence-electron chi connectivity index (χ4n) is 3.75. The second kappa shape index (κ2) is 11.8. The number of hydrogen-bond acceptors (Lipinski definition) is 3. The Morgan fingerprint density at radius 2 is 1.30 bits per heavy atom. The Hall–Kier alpha value is 0.0238. The lowest BCUT2D eigenvalue weighted by molar-refractivity contribution is -0.113. The second-order valence-electron chi connectivity index (χ2n) is 12.2. The number of hydrogen-bond donors (Lipinski definition) is 0. The van der Waals surface area contributed by atoms with Crippen molar-refractivity contribution >= 4 is 22.9 Å². The van der Waals surface area contributed by atoms with Crippen LogP contribution in [0.15, 0.2) is 0 Å². The number of aldehydes is 1. The normalized spacial score (nSPS) is 18.0. The molecule has 0 bridgehead atoms. The van der Waals surface area contributed by atoms with E-state index < -0.39 is 16.6 Å². The summed E-state index contributed by atoms with van der Waals surface area (Å²) in [5.41, 5.74) is 0.109. The highest BCUT2D eigenvalue weighted by Gasteiger charge is 2.41. The van der Waals surface area contributed by atoms with Crippen LogP contribution in [-0.2, 0) is 13.6 Å². The Balaban J connectivity index is 5.50. The van der Waals surface area contributed by atoms with E-state index in [4.69, 9.17) is 8.85 Å². The van der Waals surface area contributed by atoms with Gasteiger partial charge in [0.25, 0.3) is 0 Å². The van der Waals surface area contributed by atoms with Gasteiger partial charge in [-0.05, 0) is 60.4 Å². The first-order valence-electron chi connectivity index (χ1n) is 12.3. The predicted molar refractivity (Wildman–Crippen MR) is 137 cm³/mol. The van der Waals surface area contributed by atoms with E-state index in [1.165, 1.54) is 18.1 Å². The SMILES string of the molecule is CC[Si](CC)(CC)O[C@@H](C[C@@H](C)C[C@H](O[Si](C)(C)C(C)(C)C)[C@H](C)C=O)C(C)(C)C. The zero-order valence-electron chi connectivity index (χ0n) is 22.6. The summed E-state index contributed by atoms with van der Waals surface area (Å²) >= 11 is 0. The average Bonchev–Trinajstić information content (AvgIpc) is 2.62. The van der Waals surface area contributed by atoms with Crippen LogP contribution in [0.3, 0.4) is 0 Å². The van der Waals surface area contributed by atoms with Gasteiger partial charge < -0.3 is 13.6 Å². The van der Waals surface area contributed by atoms with Gasteiger partial charge in [-0.1, -0.05) is 76.2 Å². The van der Waals surface area contributed by atoms with E-state index in [1.807, 2.05) is 6.92 Å². The van der Waals surface area contributed by atoms with Crippen molar-refractivity contribution in [1.82, 2.24) is 0 Å². The average molecular weight is 459 g/mol. The summed E-state index contributed by atoms with van der Waals surface area (Å²) in [6, 6.07) is 3.54. The van der Waals surface area contributed by atoms with Crippen LogP contribution in [0.4, 0.5) is 0 Å². The van der Waals surface area contributed by atoms with E-state index in [0.29, 0.717) is 5.92 Å². The lowest BCUT2D eigenvalue weighted by Crippen LogP contribution is -2.47. The Kier molecular flexibility index (Phi) is 11.8. The molecule has 5 heteroatoms. The van der Waals surface area contributed by atoms with Crippen molar-refractivity contribution in [1.29, 1.82) is 0 Å². The molecular weight excluding hydrogens is 404 g/mol. The highest BCUT2D eigenvalue weighted by Crippen LogP contribution is 2.40. The fourth-order valence-corrected chi connectivity index (χ4v) is 8.23. The molecule has 0 aliphatic heterocycles. The molecule has 0 aromatic carbocycles. The molecule has 0 aliphatic rings. The lowest BCUT2D eigenvalue weighted by Gasteiger charge is -2.43. The molecule has 0 saturated heterocycles. The molecule has 0 radical (unpaired) electrons. The largest absolute Gasteiger partial charge is 0.413 e. The first-order valence-corrected chi connectivity index (χ1v) is 17.7. The topological polar surface area (TPSA) is 35.5 Å². The number of carbonyl (C=O) groups is 1. The molecule has 0 aliphatic carbocycles. The van der Waals surface area contributed by atoms with Crippen LogP contribution in [0.5, 0.6) is 0 Å². The van der Waals surface area contributed by atoms with Crippen LogP contribution in [0.25, 0.3) is 0 Å². The molecule has 180 valence electrons. The van der Waals surface area contributed by atoms with E-state index in [9.17, 15) is 4.79 Å².